The van der Waals surface area contributed by atoms with Crippen molar-refractivity contribution in [1.82, 2.24) is 0 Å². The van der Waals surface area contributed by atoms with Gasteiger partial charge in [0.15, 0.2) is 0 Å². The van der Waals surface area contributed by atoms with Gasteiger partial charge in [-0.3, -0.25) is 4.79 Å². The lowest BCUT2D eigenvalue weighted by Gasteiger charge is -2.19. The highest BCUT2D eigenvalue weighted by molar-refractivity contribution is 5.66. The van der Waals surface area contributed by atoms with Crippen molar-refractivity contribution in [3.05, 3.63) is 59.7 Å². The van der Waals surface area contributed by atoms with E-state index in [2.05, 4.69) is 0 Å². The van der Waals surface area contributed by atoms with Gasteiger partial charge in [-0.05, 0) is 55.7 Å². The van der Waals surface area contributed by atoms with E-state index in [4.69, 9.17) is 5.11 Å². The lowest BCUT2D eigenvalue weighted by Crippen LogP contribution is -2.20. The molecule has 1 aliphatic rings. The molecule has 0 aromatic heterocycles. The molecule has 1 aliphatic carbocycles. The lowest BCUT2D eigenvalue weighted by molar-refractivity contribution is -0.138. The van der Waals surface area contributed by atoms with E-state index in [-0.39, 0.29) is 24.7 Å². The summed E-state index contributed by atoms with van der Waals surface area (Å²) in [5, 5.41) is 39.4. The Hall–Kier alpha value is -2.16. The second kappa shape index (κ2) is 12.2. The van der Waals surface area contributed by atoms with E-state index < -0.39 is 36.0 Å². The maximum absolute atomic E-state index is 12.6. The Morgan fingerprint density at radius 1 is 1.12 bits per heavy atom. The van der Waals surface area contributed by atoms with Crippen LogP contribution in [0.4, 0.5) is 13.2 Å². The van der Waals surface area contributed by atoms with Crippen LogP contribution in [-0.4, -0.2) is 44.7 Å². The molecule has 0 unspecified atom stereocenters. The van der Waals surface area contributed by atoms with Gasteiger partial charge in [-0.25, -0.2) is 0 Å². The molecule has 0 heterocycles. The molecule has 5 atom stereocenters. The molecule has 0 aliphatic heterocycles. The van der Waals surface area contributed by atoms with Gasteiger partial charge in [-0.15, -0.1) is 0 Å². The number of hydrogen-bond donors (Lipinski definition) is 4. The van der Waals surface area contributed by atoms with E-state index in [9.17, 15) is 33.3 Å². The van der Waals surface area contributed by atoms with Crippen molar-refractivity contribution in [2.75, 3.05) is 0 Å². The zero-order valence-electron chi connectivity index (χ0n) is 17.8. The highest BCUT2D eigenvalue weighted by Crippen LogP contribution is 2.36. The van der Waals surface area contributed by atoms with Crippen LogP contribution in [0.3, 0.4) is 0 Å². The van der Waals surface area contributed by atoms with E-state index in [1.54, 1.807) is 12.2 Å². The largest absolute Gasteiger partial charge is 0.481 e. The van der Waals surface area contributed by atoms with Crippen molar-refractivity contribution < 1.29 is 38.4 Å². The van der Waals surface area contributed by atoms with Gasteiger partial charge in [-0.2, -0.15) is 13.2 Å². The zero-order chi connectivity index (χ0) is 23.7. The number of carboxylic acids is 1. The summed E-state index contributed by atoms with van der Waals surface area (Å²) in [6.45, 7) is 0. The predicted octanol–water partition coefficient (Wildman–Crippen LogP) is 4.11. The number of carbonyl (C=O) groups is 1. The molecule has 4 N–H and O–H groups in total. The number of alkyl halides is 3. The molecule has 2 rings (SSSR count). The normalized spacial score (nSPS) is 25.1. The molecule has 0 spiro atoms. The fourth-order valence-electron chi connectivity index (χ4n) is 3.98. The van der Waals surface area contributed by atoms with E-state index >= 15 is 0 Å². The molecule has 0 saturated heterocycles. The molecule has 0 radical (unpaired) electrons. The number of hydrogen-bond acceptors (Lipinski definition) is 4. The first-order chi connectivity index (χ1) is 15.1. The van der Waals surface area contributed by atoms with Crippen molar-refractivity contribution in [1.29, 1.82) is 0 Å². The van der Waals surface area contributed by atoms with Gasteiger partial charge in [0, 0.05) is 18.8 Å². The fourth-order valence-corrected chi connectivity index (χ4v) is 3.98. The van der Waals surface area contributed by atoms with Crippen molar-refractivity contribution >= 4 is 5.97 Å². The van der Waals surface area contributed by atoms with E-state index in [0.717, 1.165) is 12.1 Å². The predicted molar refractivity (Wildman–Crippen MR) is 114 cm³/mol. The van der Waals surface area contributed by atoms with Gasteiger partial charge in [-0.1, -0.05) is 36.4 Å². The summed E-state index contributed by atoms with van der Waals surface area (Å²) in [6, 6.07) is 4.84. The summed E-state index contributed by atoms with van der Waals surface area (Å²) in [5.74, 6) is -1.37. The molecular weight excluding hydrogens is 425 g/mol. The van der Waals surface area contributed by atoms with E-state index in [1.807, 2.05) is 12.2 Å². The van der Waals surface area contributed by atoms with Gasteiger partial charge in [0.25, 0.3) is 0 Å². The topological polar surface area (TPSA) is 98.0 Å². The van der Waals surface area contributed by atoms with Crippen molar-refractivity contribution in [2.24, 2.45) is 11.8 Å². The van der Waals surface area contributed by atoms with Crippen LogP contribution in [0.15, 0.2) is 48.6 Å². The lowest BCUT2D eigenvalue weighted by atomic mass is 9.89. The Morgan fingerprint density at radius 3 is 2.44 bits per heavy atom. The average Bonchev–Trinajstić information content (AvgIpc) is 2.99. The zero-order valence-corrected chi connectivity index (χ0v) is 17.8. The highest BCUT2D eigenvalue weighted by Gasteiger charge is 2.39. The quantitative estimate of drug-likeness (QED) is 0.297. The Kier molecular flexibility index (Phi) is 9.93. The third kappa shape index (κ3) is 8.41. The van der Waals surface area contributed by atoms with Crippen molar-refractivity contribution in [3.63, 3.8) is 0 Å². The summed E-state index contributed by atoms with van der Waals surface area (Å²) in [7, 11) is 0. The van der Waals surface area contributed by atoms with E-state index in [0.29, 0.717) is 37.7 Å². The van der Waals surface area contributed by atoms with Gasteiger partial charge in [0.2, 0.25) is 0 Å². The first-order valence-corrected chi connectivity index (χ1v) is 10.8. The standard InChI is InChI=1S/C24H31F3O5/c25-24(26,27)17-10-7-16(8-11-17)9-12-18(28)13-14-20-19(21(29)15-22(20)30)5-3-1-2-4-6-23(31)32/h1,3,7-8,10-11,13-14,18-22,28-30H,2,4-6,9,12,15H2,(H,31,32)/b3-1+,14-13?/t18-,19+,20+,21-,22+/m0/s1. The van der Waals surface area contributed by atoms with Crippen LogP contribution in [-0.2, 0) is 17.4 Å². The van der Waals surface area contributed by atoms with Gasteiger partial charge < -0.3 is 20.4 Å². The van der Waals surface area contributed by atoms with Crippen LogP contribution in [0, 0.1) is 11.8 Å². The SMILES string of the molecule is O=C(O)CCC/C=C/C[C@@H]1[C@@H](C=C[C@@H](O)CCc2ccc(C(F)(F)F)cc2)[C@H](O)C[C@@H]1O. The van der Waals surface area contributed by atoms with Crippen molar-refractivity contribution in [3.8, 4) is 0 Å². The Labute approximate surface area is 185 Å². The monoisotopic (exact) mass is 456 g/mol. The number of aliphatic carboxylic acids is 1. The minimum Gasteiger partial charge on any atom is -0.481 e. The smallest absolute Gasteiger partial charge is 0.416 e. The van der Waals surface area contributed by atoms with Crippen molar-refractivity contribution in [2.45, 2.75) is 69.4 Å². The van der Waals surface area contributed by atoms with E-state index in [1.165, 1.54) is 12.1 Å². The number of allylic oxidation sites excluding steroid dienone is 2. The van der Waals surface area contributed by atoms with Crippen LogP contribution >= 0.6 is 0 Å². The summed E-state index contributed by atoms with van der Waals surface area (Å²) >= 11 is 0. The number of unbranched alkanes of at least 4 members (excludes halogenated alkanes) is 1. The van der Waals surface area contributed by atoms with Gasteiger partial charge >= 0.3 is 12.1 Å². The number of aliphatic hydroxyl groups is 3. The first-order valence-electron chi connectivity index (χ1n) is 10.8. The van der Waals surface area contributed by atoms with Gasteiger partial charge in [0.05, 0.1) is 23.9 Å². The summed E-state index contributed by atoms with van der Waals surface area (Å²) in [5.41, 5.74) is -0.0230. The molecular formula is C24H31F3O5. The number of benzene rings is 1. The maximum atomic E-state index is 12.6. The Morgan fingerprint density at radius 2 is 1.81 bits per heavy atom. The maximum Gasteiger partial charge on any atom is 0.416 e. The fraction of sp³-hybridized carbons (Fsp3) is 0.542. The third-order valence-corrected chi connectivity index (χ3v) is 5.82. The molecule has 8 heteroatoms. The van der Waals surface area contributed by atoms with Crippen LogP contribution in [0.25, 0.3) is 0 Å². The number of carboxylic acid groups (broad SMARTS) is 1. The van der Waals surface area contributed by atoms with Crippen LogP contribution in [0.5, 0.6) is 0 Å². The molecule has 1 fully saturated rings. The minimum atomic E-state index is -4.38. The molecule has 178 valence electrons. The molecule has 32 heavy (non-hydrogen) atoms. The van der Waals surface area contributed by atoms with Crippen LogP contribution in [0.1, 0.15) is 49.7 Å². The molecule has 1 saturated carbocycles. The second-order valence-electron chi connectivity index (χ2n) is 8.29. The molecule has 5 nitrogen and oxygen atoms in total. The highest BCUT2D eigenvalue weighted by atomic mass is 19.4. The second-order valence-corrected chi connectivity index (χ2v) is 8.29. The Bertz CT molecular complexity index is 773. The average molecular weight is 457 g/mol. The number of aliphatic hydroxyl groups excluding tert-OH is 3. The first kappa shape index (κ1) is 26.1. The summed E-state index contributed by atoms with van der Waals surface area (Å²) in [4.78, 5) is 10.5. The molecule has 0 bridgehead atoms. The molecule has 1 aromatic rings. The number of halogens is 3. The summed E-state index contributed by atoms with van der Waals surface area (Å²) < 4.78 is 37.9. The van der Waals surface area contributed by atoms with Crippen LogP contribution in [0.2, 0.25) is 0 Å². The number of aryl methyl sites for hydroxylation is 1. The summed E-state index contributed by atoms with van der Waals surface area (Å²) in [6.07, 6.45) is 3.20. The number of rotatable bonds is 11. The molecule has 0 amide bonds. The van der Waals surface area contributed by atoms with Crippen LogP contribution < -0.4 is 0 Å². The minimum absolute atomic E-state index is 0.102. The Balaban J connectivity index is 1.84. The molecule has 1 aromatic carbocycles. The van der Waals surface area contributed by atoms with Gasteiger partial charge in [0.1, 0.15) is 0 Å². The third-order valence-electron chi connectivity index (χ3n) is 5.82.